The summed E-state index contributed by atoms with van der Waals surface area (Å²) in [6, 6.07) is 5.92. The smallest absolute Gasteiger partial charge is 0.238 e. The van der Waals surface area contributed by atoms with Crippen LogP contribution in [0.3, 0.4) is 0 Å². The molecule has 15 heavy (non-hydrogen) atoms. The van der Waals surface area contributed by atoms with Gasteiger partial charge in [0.2, 0.25) is 10.0 Å². The predicted molar refractivity (Wildman–Crippen MR) is 59.4 cm³/mol. The molecule has 0 aliphatic heterocycles. The van der Waals surface area contributed by atoms with Gasteiger partial charge in [0.05, 0.1) is 16.4 Å². The van der Waals surface area contributed by atoms with Crippen LogP contribution in [-0.4, -0.2) is 14.3 Å². The first-order valence-corrected chi connectivity index (χ1v) is 5.94. The van der Waals surface area contributed by atoms with Crippen molar-refractivity contribution in [3.63, 3.8) is 0 Å². The van der Waals surface area contributed by atoms with Crippen molar-refractivity contribution in [2.24, 2.45) is 15.9 Å². The number of nitrogens with two attached hydrogens (primary N) is 2. The van der Waals surface area contributed by atoms with E-state index < -0.39 is 10.0 Å². The van der Waals surface area contributed by atoms with Crippen LogP contribution in [0, 0.1) is 0 Å². The van der Waals surface area contributed by atoms with E-state index in [-0.39, 0.29) is 4.90 Å². The van der Waals surface area contributed by atoms with Crippen LogP contribution in [-0.2, 0) is 10.0 Å². The molecule has 0 atom stereocenters. The number of aliphatic imine (C=N–C) groups is 1. The van der Waals surface area contributed by atoms with Crippen LogP contribution in [0.25, 0.3) is 0 Å². The van der Waals surface area contributed by atoms with Gasteiger partial charge >= 0.3 is 0 Å². The number of hydrogen-bond acceptors (Lipinski definition) is 3. The van der Waals surface area contributed by atoms with Crippen molar-refractivity contribution >= 4 is 21.5 Å². The lowest BCUT2D eigenvalue weighted by molar-refractivity contribution is 0.598. The van der Waals surface area contributed by atoms with Gasteiger partial charge < -0.3 is 5.73 Å². The minimum absolute atomic E-state index is 0.0662. The monoisotopic (exact) mass is 227 g/mol. The molecular formula is C9H13N3O2S. The first-order chi connectivity index (χ1) is 6.93. The number of rotatable bonds is 3. The first-order valence-electron chi connectivity index (χ1n) is 4.39. The van der Waals surface area contributed by atoms with E-state index in [1.807, 2.05) is 6.92 Å². The SMILES string of the molecule is CCC(N)=Nc1ccc(S(N)(=O)=O)cc1. The average molecular weight is 227 g/mol. The fraction of sp³-hybridized carbons (Fsp3) is 0.222. The highest BCUT2D eigenvalue weighted by Crippen LogP contribution is 2.15. The zero-order valence-electron chi connectivity index (χ0n) is 8.34. The van der Waals surface area contributed by atoms with Crippen molar-refractivity contribution in [3.8, 4) is 0 Å². The number of hydrogen-bond donors (Lipinski definition) is 2. The molecule has 6 heteroatoms. The van der Waals surface area contributed by atoms with Gasteiger partial charge in [0.25, 0.3) is 0 Å². The lowest BCUT2D eigenvalue weighted by atomic mass is 10.3. The van der Waals surface area contributed by atoms with Crippen LogP contribution in [0.2, 0.25) is 0 Å². The van der Waals surface area contributed by atoms with E-state index in [0.29, 0.717) is 17.9 Å². The molecule has 82 valence electrons. The second kappa shape index (κ2) is 4.41. The zero-order chi connectivity index (χ0) is 11.5. The van der Waals surface area contributed by atoms with Gasteiger partial charge in [-0.1, -0.05) is 6.92 Å². The summed E-state index contributed by atoms with van der Waals surface area (Å²) < 4.78 is 21.9. The van der Waals surface area contributed by atoms with Gasteiger partial charge in [-0.05, 0) is 24.3 Å². The normalized spacial score (nSPS) is 12.8. The van der Waals surface area contributed by atoms with Crippen LogP contribution in [0.15, 0.2) is 34.2 Å². The van der Waals surface area contributed by atoms with E-state index in [2.05, 4.69) is 4.99 Å². The molecule has 0 amide bonds. The average Bonchev–Trinajstić information content (AvgIpc) is 2.17. The molecule has 1 aromatic rings. The fourth-order valence-corrected chi connectivity index (χ4v) is 1.47. The van der Waals surface area contributed by atoms with Crippen LogP contribution in [0.4, 0.5) is 5.69 Å². The maximum atomic E-state index is 10.9. The van der Waals surface area contributed by atoms with E-state index in [1.54, 1.807) is 12.1 Å². The molecular weight excluding hydrogens is 214 g/mol. The highest BCUT2D eigenvalue weighted by molar-refractivity contribution is 7.89. The second-order valence-corrected chi connectivity index (χ2v) is 4.56. The molecule has 0 unspecified atom stereocenters. The van der Waals surface area contributed by atoms with Crippen LogP contribution >= 0.6 is 0 Å². The summed E-state index contributed by atoms with van der Waals surface area (Å²) in [7, 11) is -3.63. The lowest BCUT2D eigenvalue weighted by Crippen LogP contribution is -2.11. The van der Waals surface area contributed by atoms with Crippen molar-refractivity contribution in [1.82, 2.24) is 0 Å². The molecule has 4 N–H and O–H groups in total. The molecule has 0 spiro atoms. The van der Waals surface area contributed by atoms with Crippen molar-refractivity contribution in [2.75, 3.05) is 0 Å². The largest absolute Gasteiger partial charge is 0.387 e. The minimum Gasteiger partial charge on any atom is -0.387 e. The van der Waals surface area contributed by atoms with E-state index >= 15 is 0 Å². The Labute approximate surface area is 88.9 Å². The van der Waals surface area contributed by atoms with Gasteiger partial charge in [-0.15, -0.1) is 0 Å². The lowest BCUT2D eigenvalue weighted by Gasteiger charge is -1.99. The van der Waals surface area contributed by atoms with Gasteiger partial charge in [-0.25, -0.2) is 18.5 Å². The summed E-state index contributed by atoms with van der Waals surface area (Å²) in [5.41, 5.74) is 6.15. The van der Waals surface area contributed by atoms with E-state index in [4.69, 9.17) is 10.9 Å². The summed E-state index contributed by atoms with van der Waals surface area (Å²) >= 11 is 0. The summed E-state index contributed by atoms with van der Waals surface area (Å²) in [5.74, 6) is 0.498. The maximum Gasteiger partial charge on any atom is 0.238 e. The highest BCUT2D eigenvalue weighted by Gasteiger charge is 2.06. The summed E-state index contributed by atoms with van der Waals surface area (Å²) in [6.45, 7) is 1.89. The van der Waals surface area contributed by atoms with Gasteiger partial charge in [-0.2, -0.15) is 0 Å². The van der Waals surface area contributed by atoms with E-state index in [9.17, 15) is 8.42 Å². The van der Waals surface area contributed by atoms with Gasteiger partial charge in [-0.3, -0.25) is 0 Å². The fourth-order valence-electron chi connectivity index (χ4n) is 0.955. The molecule has 5 nitrogen and oxygen atoms in total. The Morgan fingerprint density at radius 1 is 1.33 bits per heavy atom. The van der Waals surface area contributed by atoms with Gasteiger partial charge in [0.15, 0.2) is 0 Å². The second-order valence-electron chi connectivity index (χ2n) is 3.00. The van der Waals surface area contributed by atoms with Crippen LogP contribution in [0.5, 0.6) is 0 Å². The molecule has 0 bridgehead atoms. The molecule has 0 aromatic heterocycles. The molecule has 0 aliphatic rings. The number of amidine groups is 1. The molecule has 1 rings (SSSR count). The Morgan fingerprint density at radius 3 is 2.27 bits per heavy atom. The summed E-state index contributed by atoms with van der Waals surface area (Å²) in [5, 5.41) is 4.95. The third kappa shape index (κ3) is 3.34. The van der Waals surface area contributed by atoms with Crippen molar-refractivity contribution in [3.05, 3.63) is 24.3 Å². The van der Waals surface area contributed by atoms with Crippen molar-refractivity contribution in [1.29, 1.82) is 0 Å². The summed E-state index contributed by atoms with van der Waals surface area (Å²) in [4.78, 5) is 4.13. The number of nitrogens with zero attached hydrogens (tertiary/aromatic N) is 1. The standard InChI is InChI=1S/C9H13N3O2S/c1-2-9(10)12-7-3-5-8(6-4-7)15(11,13)14/h3-6H,2H2,1H3,(H2,10,12)(H2,11,13,14). The van der Waals surface area contributed by atoms with Gasteiger partial charge in [0, 0.05) is 6.42 Å². The quantitative estimate of drug-likeness (QED) is 0.588. The Bertz CT molecular complexity index is 463. The van der Waals surface area contributed by atoms with E-state index in [0.717, 1.165) is 0 Å². The van der Waals surface area contributed by atoms with E-state index in [1.165, 1.54) is 12.1 Å². The summed E-state index contributed by atoms with van der Waals surface area (Å²) in [6.07, 6.45) is 0.650. The van der Waals surface area contributed by atoms with Crippen LogP contribution in [0.1, 0.15) is 13.3 Å². The third-order valence-electron chi connectivity index (χ3n) is 1.80. The first kappa shape index (κ1) is 11.7. The molecule has 1 aromatic carbocycles. The van der Waals surface area contributed by atoms with Crippen molar-refractivity contribution < 1.29 is 8.42 Å². The van der Waals surface area contributed by atoms with Gasteiger partial charge in [0.1, 0.15) is 0 Å². The van der Waals surface area contributed by atoms with Crippen LogP contribution < -0.4 is 10.9 Å². The maximum absolute atomic E-state index is 10.9. The Hall–Kier alpha value is -1.40. The number of primary sulfonamides is 1. The molecule has 0 heterocycles. The topological polar surface area (TPSA) is 98.5 Å². The Balaban J connectivity index is 3.01. The molecule has 0 fully saturated rings. The predicted octanol–water partition coefficient (Wildman–Crippen LogP) is 0.733. The Morgan fingerprint density at radius 2 is 1.87 bits per heavy atom. The highest BCUT2D eigenvalue weighted by atomic mass is 32.2. The zero-order valence-corrected chi connectivity index (χ0v) is 9.16. The minimum atomic E-state index is -3.63. The molecule has 0 saturated carbocycles. The van der Waals surface area contributed by atoms with Crippen molar-refractivity contribution in [2.45, 2.75) is 18.2 Å². The third-order valence-corrected chi connectivity index (χ3v) is 2.73. The Kier molecular flexibility index (Phi) is 3.43. The molecule has 0 radical (unpaired) electrons. The number of benzene rings is 1. The molecule has 0 saturated heterocycles. The molecule has 0 aliphatic carbocycles. The number of sulfonamides is 1.